The van der Waals surface area contributed by atoms with Gasteiger partial charge in [-0.3, -0.25) is 9.59 Å². The molecule has 0 aliphatic carbocycles. The summed E-state index contributed by atoms with van der Waals surface area (Å²) in [4.78, 5) is 23.7. The molecule has 1 amide bonds. The molecule has 1 rings (SSSR count). The molecule has 1 aromatic carbocycles. The zero-order valence-corrected chi connectivity index (χ0v) is 15.7. The first kappa shape index (κ1) is 20.6. The summed E-state index contributed by atoms with van der Waals surface area (Å²) >= 11 is 0. The van der Waals surface area contributed by atoms with Crippen LogP contribution >= 0.6 is 0 Å². The molecule has 25 heavy (non-hydrogen) atoms. The van der Waals surface area contributed by atoms with E-state index in [0.29, 0.717) is 28.7 Å². The van der Waals surface area contributed by atoms with Crippen LogP contribution in [0.15, 0.2) is 12.1 Å². The van der Waals surface area contributed by atoms with E-state index in [-0.39, 0.29) is 25.0 Å². The van der Waals surface area contributed by atoms with Gasteiger partial charge >= 0.3 is 5.97 Å². The van der Waals surface area contributed by atoms with Crippen LogP contribution in [-0.2, 0) is 20.7 Å². The number of hydrogen-bond donors (Lipinski definition) is 1. The Hall–Kier alpha value is -2.44. The van der Waals surface area contributed by atoms with Crippen LogP contribution in [0.3, 0.4) is 0 Å². The molecule has 0 aliphatic heterocycles. The lowest BCUT2D eigenvalue weighted by molar-refractivity contribution is -0.148. The molecule has 0 saturated carbocycles. The molecule has 0 unspecified atom stereocenters. The van der Waals surface area contributed by atoms with Gasteiger partial charge in [-0.2, -0.15) is 0 Å². The van der Waals surface area contributed by atoms with E-state index in [1.54, 1.807) is 12.1 Å². The van der Waals surface area contributed by atoms with Gasteiger partial charge in [0.2, 0.25) is 5.75 Å². The monoisotopic (exact) mass is 353 g/mol. The smallest absolute Gasteiger partial charge is 0.310 e. The molecule has 0 aromatic heterocycles. The van der Waals surface area contributed by atoms with Crippen molar-refractivity contribution in [3.63, 3.8) is 0 Å². The lowest BCUT2D eigenvalue weighted by atomic mass is 10.1. The Balaban J connectivity index is 2.67. The third kappa shape index (κ3) is 6.17. The lowest BCUT2D eigenvalue weighted by Gasteiger charge is -2.17. The number of esters is 1. The molecule has 140 valence electrons. The minimum absolute atomic E-state index is 0.0102. The maximum Gasteiger partial charge on any atom is 0.310 e. The first-order valence-electron chi connectivity index (χ1n) is 8.06. The SMILES string of the molecule is COc1cc(CC(=O)OCC(=O)N[C@H](C)C(C)C)cc(OC)c1OC. The van der Waals surface area contributed by atoms with Gasteiger partial charge in [-0.15, -0.1) is 0 Å². The summed E-state index contributed by atoms with van der Waals surface area (Å²) < 4.78 is 20.8. The van der Waals surface area contributed by atoms with Crippen molar-refractivity contribution in [2.24, 2.45) is 5.92 Å². The number of rotatable bonds is 9. The van der Waals surface area contributed by atoms with Crippen LogP contribution in [-0.4, -0.2) is 45.9 Å². The number of benzene rings is 1. The van der Waals surface area contributed by atoms with Crippen molar-refractivity contribution in [2.45, 2.75) is 33.2 Å². The van der Waals surface area contributed by atoms with E-state index in [0.717, 1.165) is 0 Å². The van der Waals surface area contributed by atoms with Gasteiger partial charge in [-0.25, -0.2) is 0 Å². The highest BCUT2D eigenvalue weighted by Gasteiger charge is 2.17. The fraction of sp³-hybridized carbons (Fsp3) is 0.556. The van der Waals surface area contributed by atoms with Crippen molar-refractivity contribution < 1.29 is 28.5 Å². The average molecular weight is 353 g/mol. The summed E-state index contributed by atoms with van der Waals surface area (Å²) in [7, 11) is 4.50. The highest BCUT2D eigenvalue weighted by Crippen LogP contribution is 2.38. The summed E-state index contributed by atoms with van der Waals surface area (Å²) in [5, 5.41) is 2.78. The third-order valence-electron chi connectivity index (χ3n) is 3.83. The van der Waals surface area contributed by atoms with E-state index < -0.39 is 5.97 Å². The number of nitrogens with one attached hydrogen (secondary N) is 1. The molecule has 7 heteroatoms. The van der Waals surface area contributed by atoms with Crippen LogP contribution in [0.2, 0.25) is 0 Å². The standard InChI is InChI=1S/C18H27NO6/c1-11(2)12(3)19-16(20)10-25-17(21)9-13-7-14(22-4)18(24-6)15(8-13)23-5/h7-8,11-12H,9-10H2,1-6H3,(H,19,20)/t12-/m1/s1. The van der Waals surface area contributed by atoms with Gasteiger partial charge in [-0.1, -0.05) is 13.8 Å². The molecule has 1 N–H and O–H groups in total. The summed E-state index contributed by atoms with van der Waals surface area (Å²) in [6.45, 7) is 5.60. The summed E-state index contributed by atoms with van der Waals surface area (Å²) in [6.07, 6.45) is -0.0102. The van der Waals surface area contributed by atoms with Crippen LogP contribution in [0.25, 0.3) is 0 Å². The van der Waals surface area contributed by atoms with Gasteiger partial charge in [0.05, 0.1) is 27.8 Å². The topological polar surface area (TPSA) is 83.1 Å². The highest BCUT2D eigenvalue weighted by molar-refractivity contribution is 5.81. The predicted octanol–water partition coefficient (Wildman–Crippen LogP) is 1.96. The van der Waals surface area contributed by atoms with Gasteiger partial charge in [0.15, 0.2) is 18.1 Å². The van der Waals surface area contributed by atoms with Crippen LogP contribution < -0.4 is 19.5 Å². The molecule has 7 nitrogen and oxygen atoms in total. The van der Waals surface area contributed by atoms with Gasteiger partial charge < -0.3 is 24.3 Å². The number of carbonyl (C=O) groups is 2. The highest BCUT2D eigenvalue weighted by atomic mass is 16.5. The lowest BCUT2D eigenvalue weighted by Crippen LogP contribution is -2.38. The van der Waals surface area contributed by atoms with E-state index in [1.165, 1.54) is 21.3 Å². The first-order valence-corrected chi connectivity index (χ1v) is 8.06. The molecule has 0 heterocycles. The minimum Gasteiger partial charge on any atom is -0.493 e. The van der Waals surface area contributed by atoms with E-state index >= 15 is 0 Å². The largest absolute Gasteiger partial charge is 0.493 e. The molecular weight excluding hydrogens is 326 g/mol. The Labute approximate surface area is 148 Å². The molecule has 0 bridgehead atoms. The van der Waals surface area contributed by atoms with Gasteiger partial charge in [0.1, 0.15) is 0 Å². The van der Waals surface area contributed by atoms with Crippen molar-refractivity contribution in [1.82, 2.24) is 5.32 Å². The van der Waals surface area contributed by atoms with Gasteiger partial charge in [-0.05, 0) is 30.5 Å². The number of ether oxygens (including phenoxy) is 4. The molecule has 0 fully saturated rings. The minimum atomic E-state index is -0.512. The molecular formula is C18H27NO6. The summed E-state index contributed by atoms with van der Waals surface area (Å²) in [5.41, 5.74) is 0.635. The Kier molecular flexibility index (Phi) is 8.04. The second kappa shape index (κ2) is 9.76. The zero-order valence-electron chi connectivity index (χ0n) is 15.7. The van der Waals surface area contributed by atoms with Crippen LogP contribution in [0.4, 0.5) is 0 Å². The predicted molar refractivity (Wildman–Crippen MR) is 93.2 cm³/mol. The Bertz CT molecular complexity index is 574. The fourth-order valence-corrected chi connectivity index (χ4v) is 2.06. The van der Waals surface area contributed by atoms with Crippen molar-refractivity contribution in [3.8, 4) is 17.2 Å². The normalized spacial score (nSPS) is 11.6. The summed E-state index contributed by atoms with van der Waals surface area (Å²) in [5.74, 6) is 0.824. The maximum absolute atomic E-state index is 12.0. The van der Waals surface area contributed by atoms with Crippen molar-refractivity contribution in [1.29, 1.82) is 0 Å². The average Bonchev–Trinajstić information content (AvgIpc) is 2.58. The Morgan fingerprint density at radius 2 is 1.56 bits per heavy atom. The van der Waals surface area contributed by atoms with Crippen molar-refractivity contribution >= 4 is 11.9 Å². The Morgan fingerprint density at radius 1 is 1.00 bits per heavy atom. The van der Waals surface area contributed by atoms with Crippen molar-refractivity contribution in [3.05, 3.63) is 17.7 Å². The van der Waals surface area contributed by atoms with E-state index in [9.17, 15) is 9.59 Å². The molecule has 0 saturated heterocycles. The zero-order chi connectivity index (χ0) is 19.0. The quantitative estimate of drug-likeness (QED) is 0.683. The molecule has 1 atom stereocenters. The summed E-state index contributed by atoms with van der Waals surface area (Å²) in [6, 6.07) is 3.36. The van der Waals surface area contributed by atoms with E-state index in [4.69, 9.17) is 18.9 Å². The second-order valence-electron chi connectivity index (χ2n) is 5.97. The van der Waals surface area contributed by atoms with Crippen molar-refractivity contribution in [2.75, 3.05) is 27.9 Å². The van der Waals surface area contributed by atoms with E-state index in [2.05, 4.69) is 5.32 Å². The fourth-order valence-electron chi connectivity index (χ4n) is 2.06. The van der Waals surface area contributed by atoms with E-state index in [1.807, 2.05) is 20.8 Å². The number of hydrogen-bond acceptors (Lipinski definition) is 6. The van der Waals surface area contributed by atoms with Gasteiger partial charge in [0, 0.05) is 6.04 Å². The maximum atomic E-state index is 12.0. The third-order valence-corrected chi connectivity index (χ3v) is 3.83. The second-order valence-corrected chi connectivity index (χ2v) is 5.97. The Morgan fingerprint density at radius 3 is 2.00 bits per heavy atom. The molecule has 0 radical (unpaired) electrons. The number of methoxy groups -OCH3 is 3. The van der Waals surface area contributed by atoms with Crippen LogP contribution in [0.1, 0.15) is 26.3 Å². The number of carbonyl (C=O) groups excluding carboxylic acids is 2. The van der Waals surface area contributed by atoms with Crippen LogP contribution in [0.5, 0.6) is 17.2 Å². The van der Waals surface area contributed by atoms with Gasteiger partial charge in [0.25, 0.3) is 5.91 Å². The first-order chi connectivity index (χ1) is 11.8. The molecule has 0 spiro atoms. The van der Waals surface area contributed by atoms with Crippen LogP contribution in [0, 0.1) is 5.92 Å². The molecule has 0 aliphatic rings. The number of amides is 1. The molecule has 1 aromatic rings.